The maximum Gasteiger partial charge on any atom is 0.266 e. The summed E-state index contributed by atoms with van der Waals surface area (Å²) in [6.45, 7) is 0. The number of carbonyl (C=O) groups excluding carboxylic acids is 1. The lowest BCUT2D eigenvalue weighted by atomic mass is 10.2. The third-order valence-electron chi connectivity index (χ3n) is 3.69. The number of aromatic nitrogens is 2. The van der Waals surface area contributed by atoms with Crippen molar-refractivity contribution < 1.29 is 9.53 Å². The molecule has 2 aromatic carbocycles. The first-order valence-corrected chi connectivity index (χ1v) is 8.62. The van der Waals surface area contributed by atoms with Crippen LogP contribution in [0.2, 0.25) is 0 Å². The van der Waals surface area contributed by atoms with Crippen LogP contribution in [0.4, 0.5) is 0 Å². The van der Waals surface area contributed by atoms with E-state index in [9.17, 15) is 9.59 Å². The molecule has 1 heterocycles. The second kappa shape index (κ2) is 7.40. The van der Waals surface area contributed by atoms with E-state index < -0.39 is 0 Å². The Bertz CT molecular complexity index is 967. The Morgan fingerprint density at radius 1 is 1.20 bits per heavy atom. The van der Waals surface area contributed by atoms with Crippen LogP contribution in [0.25, 0.3) is 16.6 Å². The van der Waals surface area contributed by atoms with Crippen molar-refractivity contribution in [2.45, 2.75) is 5.16 Å². The molecule has 0 aliphatic rings. The molecule has 0 aliphatic carbocycles. The first kappa shape index (κ1) is 17.0. The van der Waals surface area contributed by atoms with Gasteiger partial charge in [-0.2, -0.15) is 0 Å². The maximum absolute atomic E-state index is 13.0. The Labute approximate surface area is 148 Å². The van der Waals surface area contributed by atoms with Crippen molar-refractivity contribution >= 4 is 28.6 Å². The van der Waals surface area contributed by atoms with E-state index in [2.05, 4.69) is 10.3 Å². The largest absolute Gasteiger partial charge is 0.497 e. The molecular formula is C18H17N3O3S. The van der Waals surface area contributed by atoms with E-state index in [1.165, 1.54) is 16.3 Å². The van der Waals surface area contributed by atoms with Gasteiger partial charge in [0.1, 0.15) is 5.75 Å². The number of nitrogens with one attached hydrogen (secondary N) is 1. The summed E-state index contributed by atoms with van der Waals surface area (Å²) in [5, 5.41) is 3.57. The molecule has 0 fully saturated rings. The van der Waals surface area contributed by atoms with Crippen LogP contribution in [0, 0.1) is 0 Å². The topological polar surface area (TPSA) is 73.2 Å². The van der Waals surface area contributed by atoms with Gasteiger partial charge in [0.15, 0.2) is 5.16 Å². The molecule has 0 atom stereocenters. The number of rotatable bonds is 5. The van der Waals surface area contributed by atoms with Gasteiger partial charge >= 0.3 is 0 Å². The Balaban J connectivity index is 2.16. The number of carbonyl (C=O) groups is 1. The van der Waals surface area contributed by atoms with Gasteiger partial charge in [-0.15, -0.1) is 0 Å². The van der Waals surface area contributed by atoms with E-state index in [0.29, 0.717) is 27.5 Å². The number of benzene rings is 2. The van der Waals surface area contributed by atoms with Crippen LogP contribution in [-0.2, 0) is 4.79 Å². The first-order chi connectivity index (χ1) is 12.1. The lowest BCUT2D eigenvalue weighted by Crippen LogP contribution is -2.24. The Morgan fingerprint density at radius 3 is 2.60 bits per heavy atom. The summed E-state index contributed by atoms with van der Waals surface area (Å²) in [6, 6.07) is 14.3. The molecule has 0 saturated carbocycles. The molecule has 3 rings (SSSR count). The number of ether oxygens (including phenoxy) is 1. The van der Waals surface area contributed by atoms with Gasteiger partial charge in [0.2, 0.25) is 5.91 Å². The SMILES string of the molecule is CNC(=O)CSc1nc2ccccc2c(=O)n1-c1ccc(OC)cc1. The summed E-state index contributed by atoms with van der Waals surface area (Å²) in [7, 11) is 3.16. The highest BCUT2D eigenvalue weighted by Crippen LogP contribution is 2.22. The maximum atomic E-state index is 13.0. The zero-order chi connectivity index (χ0) is 17.8. The molecule has 0 spiro atoms. The average Bonchev–Trinajstić information content (AvgIpc) is 2.66. The van der Waals surface area contributed by atoms with Crippen LogP contribution in [0.3, 0.4) is 0 Å². The fourth-order valence-corrected chi connectivity index (χ4v) is 3.26. The lowest BCUT2D eigenvalue weighted by molar-refractivity contribution is -0.118. The third-order valence-corrected chi connectivity index (χ3v) is 4.63. The second-order valence-electron chi connectivity index (χ2n) is 5.21. The molecule has 3 aromatic rings. The van der Waals surface area contributed by atoms with E-state index >= 15 is 0 Å². The van der Waals surface area contributed by atoms with Gasteiger partial charge in [-0.1, -0.05) is 23.9 Å². The predicted octanol–water partition coefficient (Wildman–Crippen LogP) is 2.23. The average molecular weight is 355 g/mol. The normalized spacial score (nSPS) is 10.6. The summed E-state index contributed by atoms with van der Waals surface area (Å²) in [6.07, 6.45) is 0. The van der Waals surface area contributed by atoms with Gasteiger partial charge in [0, 0.05) is 7.05 Å². The van der Waals surface area contributed by atoms with Crippen LogP contribution in [0.5, 0.6) is 5.75 Å². The molecule has 1 amide bonds. The molecule has 1 N–H and O–H groups in total. The number of thioether (sulfide) groups is 1. The van der Waals surface area contributed by atoms with Crippen molar-refractivity contribution in [3.8, 4) is 11.4 Å². The number of amides is 1. The predicted molar refractivity (Wildman–Crippen MR) is 98.7 cm³/mol. The van der Waals surface area contributed by atoms with Crippen LogP contribution in [0.1, 0.15) is 0 Å². The van der Waals surface area contributed by atoms with E-state index in [-0.39, 0.29) is 17.2 Å². The number of fused-ring (bicyclic) bond motifs is 1. The highest BCUT2D eigenvalue weighted by Gasteiger charge is 2.14. The smallest absolute Gasteiger partial charge is 0.266 e. The van der Waals surface area contributed by atoms with Gasteiger partial charge in [0.25, 0.3) is 5.56 Å². The molecule has 0 radical (unpaired) electrons. The van der Waals surface area contributed by atoms with Crippen LogP contribution < -0.4 is 15.6 Å². The molecular weight excluding hydrogens is 338 g/mol. The summed E-state index contributed by atoms with van der Waals surface area (Å²) >= 11 is 1.22. The zero-order valence-corrected chi connectivity index (χ0v) is 14.7. The monoisotopic (exact) mass is 355 g/mol. The van der Waals surface area contributed by atoms with Crippen LogP contribution >= 0.6 is 11.8 Å². The number of nitrogens with zero attached hydrogens (tertiary/aromatic N) is 2. The molecule has 128 valence electrons. The van der Waals surface area contributed by atoms with Crippen molar-refractivity contribution in [3.63, 3.8) is 0 Å². The third kappa shape index (κ3) is 3.51. The minimum atomic E-state index is -0.171. The van der Waals surface area contributed by atoms with Gasteiger partial charge in [-0.25, -0.2) is 4.98 Å². The molecule has 25 heavy (non-hydrogen) atoms. The fourth-order valence-electron chi connectivity index (χ4n) is 2.37. The van der Waals surface area contributed by atoms with Gasteiger partial charge < -0.3 is 10.1 Å². The highest BCUT2D eigenvalue weighted by molar-refractivity contribution is 7.99. The summed E-state index contributed by atoms with van der Waals surface area (Å²) in [5.41, 5.74) is 1.11. The summed E-state index contributed by atoms with van der Waals surface area (Å²) < 4.78 is 6.69. The summed E-state index contributed by atoms with van der Waals surface area (Å²) in [4.78, 5) is 29.2. The van der Waals surface area contributed by atoms with Crippen molar-refractivity contribution in [1.29, 1.82) is 0 Å². The van der Waals surface area contributed by atoms with E-state index in [1.807, 2.05) is 6.07 Å². The number of methoxy groups -OCH3 is 1. The number of para-hydroxylation sites is 1. The molecule has 0 saturated heterocycles. The quantitative estimate of drug-likeness (QED) is 0.561. The van der Waals surface area contributed by atoms with Crippen molar-refractivity contribution in [3.05, 3.63) is 58.9 Å². The fraction of sp³-hybridized carbons (Fsp3) is 0.167. The standard InChI is InChI=1S/C18H17N3O3S/c1-19-16(22)11-25-18-20-15-6-4-3-5-14(15)17(23)21(18)12-7-9-13(24-2)10-8-12/h3-10H,11H2,1-2H3,(H,19,22). The molecule has 0 bridgehead atoms. The highest BCUT2D eigenvalue weighted by atomic mass is 32.2. The van der Waals surface area contributed by atoms with Gasteiger partial charge in [-0.05, 0) is 36.4 Å². The molecule has 0 unspecified atom stereocenters. The molecule has 1 aromatic heterocycles. The lowest BCUT2D eigenvalue weighted by Gasteiger charge is -2.13. The van der Waals surface area contributed by atoms with Crippen LogP contribution in [0.15, 0.2) is 58.5 Å². The minimum Gasteiger partial charge on any atom is -0.497 e. The summed E-state index contributed by atoms with van der Waals surface area (Å²) in [5.74, 6) is 0.746. The number of hydrogen-bond acceptors (Lipinski definition) is 5. The van der Waals surface area contributed by atoms with Gasteiger partial charge in [0.05, 0.1) is 29.5 Å². The van der Waals surface area contributed by atoms with Gasteiger partial charge in [-0.3, -0.25) is 14.2 Å². The first-order valence-electron chi connectivity index (χ1n) is 7.63. The van der Waals surface area contributed by atoms with E-state index in [4.69, 9.17) is 4.74 Å². The number of hydrogen-bond donors (Lipinski definition) is 1. The Morgan fingerprint density at radius 2 is 1.92 bits per heavy atom. The van der Waals surface area contributed by atoms with Crippen molar-refractivity contribution in [2.75, 3.05) is 19.9 Å². The molecule has 7 heteroatoms. The van der Waals surface area contributed by atoms with Crippen molar-refractivity contribution in [2.24, 2.45) is 0 Å². The van der Waals surface area contributed by atoms with Crippen molar-refractivity contribution in [1.82, 2.24) is 14.9 Å². The Kier molecular flexibility index (Phi) is 5.04. The Hall–Kier alpha value is -2.80. The zero-order valence-electron chi connectivity index (χ0n) is 13.9. The second-order valence-corrected chi connectivity index (χ2v) is 6.15. The van der Waals surface area contributed by atoms with E-state index in [0.717, 1.165) is 0 Å². The molecule has 0 aliphatic heterocycles. The van der Waals surface area contributed by atoms with E-state index in [1.54, 1.807) is 56.6 Å². The van der Waals surface area contributed by atoms with Crippen LogP contribution in [-0.4, -0.2) is 35.4 Å². The minimum absolute atomic E-state index is 0.131. The molecule has 6 nitrogen and oxygen atoms in total.